The summed E-state index contributed by atoms with van der Waals surface area (Å²) in [6.45, 7) is 3.88. The summed E-state index contributed by atoms with van der Waals surface area (Å²) in [5.41, 5.74) is -1.68. The van der Waals surface area contributed by atoms with Gasteiger partial charge < -0.3 is 29.2 Å². The van der Waals surface area contributed by atoms with E-state index >= 15 is 0 Å². The van der Waals surface area contributed by atoms with E-state index in [1.165, 1.54) is 13.2 Å². The fourth-order valence-corrected chi connectivity index (χ4v) is 7.20. The Hall–Kier alpha value is -3.21. The van der Waals surface area contributed by atoms with Crippen LogP contribution in [0.25, 0.3) is 0 Å². The first-order valence-corrected chi connectivity index (χ1v) is 15.0. The summed E-state index contributed by atoms with van der Waals surface area (Å²) < 4.78 is 25.2. The average molecular weight is 534 g/mol. The zero-order valence-corrected chi connectivity index (χ0v) is 23.0. The molecule has 0 amide bonds. The number of aliphatic hydroxyl groups excluding tert-OH is 1. The van der Waals surface area contributed by atoms with Crippen LogP contribution < -0.4 is 14.8 Å². The zero-order chi connectivity index (χ0) is 27.5. The van der Waals surface area contributed by atoms with E-state index in [0.29, 0.717) is 17.4 Å². The Morgan fingerprint density at radius 2 is 1.82 bits per heavy atom. The molecule has 0 unspecified atom stereocenters. The van der Waals surface area contributed by atoms with Crippen molar-refractivity contribution in [3.05, 3.63) is 83.0 Å². The second-order valence-corrected chi connectivity index (χ2v) is 14.0. The van der Waals surface area contributed by atoms with E-state index in [9.17, 15) is 20.0 Å². The van der Waals surface area contributed by atoms with Gasteiger partial charge in [-0.3, -0.25) is 0 Å². The highest BCUT2D eigenvalue weighted by Gasteiger charge is 2.77. The number of methoxy groups -OCH3 is 1. The molecule has 2 aliphatic rings. The summed E-state index contributed by atoms with van der Waals surface area (Å²) in [4.78, 5) is 6.27. The van der Waals surface area contributed by atoms with Crippen LogP contribution in [-0.4, -0.2) is 67.3 Å². The summed E-state index contributed by atoms with van der Waals surface area (Å²) in [6.07, 6.45) is -1.27. The van der Waals surface area contributed by atoms with Gasteiger partial charge in [0.05, 0.1) is 18.8 Å². The lowest BCUT2D eigenvalue weighted by Crippen LogP contribution is -2.52. The Morgan fingerprint density at radius 3 is 2.37 bits per heavy atom. The number of nitriles is 1. The van der Waals surface area contributed by atoms with Gasteiger partial charge in [0.2, 0.25) is 5.88 Å². The van der Waals surface area contributed by atoms with Crippen LogP contribution in [0.2, 0.25) is 0 Å². The Bertz CT molecular complexity index is 1450. The maximum Gasteiger partial charge on any atom is 0.224 e. The number of aliphatic hydroxyl groups is 2. The minimum Gasteiger partial charge on any atom is -0.481 e. The molecular weight excluding hydrogens is 501 g/mol. The third-order valence-electron chi connectivity index (χ3n) is 7.83. The fourth-order valence-electron chi connectivity index (χ4n) is 6.33. The number of hydrogen-bond donors (Lipinski definition) is 2. The van der Waals surface area contributed by atoms with Crippen molar-refractivity contribution >= 4 is 12.4 Å². The third-order valence-corrected chi connectivity index (χ3v) is 9.37. The van der Waals surface area contributed by atoms with E-state index < -0.39 is 36.3 Å². The fraction of sp³-hybridized carbons (Fsp3) is 0.379. The van der Waals surface area contributed by atoms with Gasteiger partial charge in [0, 0.05) is 29.8 Å². The number of fused-ring (bicyclic) bond motifs is 3. The molecule has 1 aliphatic heterocycles. The van der Waals surface area contributed by atoms with Crippen molar-refractivity contribution in [2.45, 2.75) is 23.2 Å². The van der Waals surface area contributed by atoms with E-state index in [4.69, 9.17) is 9.47 Å². The number of nitrogens with zero attached hydrogens (tertiary/aromatic N) is 3. The van der Waals surface area contributed by atoms with Crippen molar-refractivity contribution in [1.82, 2.24) is 9.88 Å². The summed E-state index contributed by atoms with van der Waals surface area (Å²) >= 11 is 0. The summed E-state index contributed by atoms with van der Waals surface area (Å²) in [5.74, 6) is -0.688. The molecule has 1 fully saturated rings. The quantitative estimate of drug-likeness (QED) is 0.465. The van der Waals surface area contributed by atoms with Crippen LogP contribution in [0, 0.1) is 17.2 Å². The van der Waals surface area contributed by atoms with Crippen molar-refractivity contribution in [3.63, 3.8) is 0 Å². The molecule has 2 aromatic carbocycles. The van der Waals surface area contributed by atoms with E-state index in [0.717, 1.165) is 5.56 Å². The lowest BCUT2D eigenvalue weighted by Gasteiger charge is -2.41. The van der Waals surface area contributed by atoms with Crippen LogP contribution in [0.5, 0.6) is 11.6 Å². The lowest BCUT2D eigenvalue weighted by molar-refractivity contribution is -0.152. The molecule has 2 N–H and O–H groups in total. The van der Waals surface area contributed by atoms with Gasteiger partial charge in [-0.1, -0.05) is 54.6 Å². The number of hydrogen-bond acceptors (Lipinski definition) is 8. The van der Waals surface area contributed by atoms with Gasteiger partial charge in [0.15, 0.2) is 11.2 Å². The molecule has 198 valence electrons. The van der Waals surface area contributed by atoms with Crippen molar-refractivity contribution in [1.29, 1.82) is 5.26 Å². The molecule has 0 radical (unpaired) electrons. The molecule has 3 aromatic rings. The number of rotatable bonds is 6. The first-order chi connectivity index (χ1) is 18.0. The Labute approximate surface area is 222 Å². The Morgan fingerprint density at radius 1 is 1.16 bits per heavy atom. The molecule has 0 spiro atoms. The lowest BCUT2D eigenvalue weighted by atomic mass is 9.71. The van der Waals surface area contributed by atoms with Crippen molar-refractivity contribution in [2.24, 2.45) is 5.92 Å². The average Bonchev–Trinajstić information content (AvgIpc) is 3.26. The predicted octanol–water partition coefficient (Wildman–Crippen LogP) is 3.02. The summed E-state index contributed by atoms with van der Waals surface area (Å²) in [5, 5.41) is 35.2. The second-order valence-electron chi connectivity index (χ2n) is 10.8. The number of pyridine rings is 1. The molecular formula is C29H32N3O5P. The van der Waals surface area contributed by atoms with Crippen molar-refractivity contribution in [2.75, 3.05) is 41.1 Å². The van der Waals surface area contributed by atoms with E-state index in [1.54, 1.807) is 25.5 Å². The van der Waals surface area contributed by atoms with Gasteiger partial charge in [0.1, 0.15) is 24.7 Å². The third kappa shape index (κ3) is 3.69. The molecule has 1 aliphatic carbocycles. The van der Waals surface area contributed by atoms with Crippen LogP contribution in [0.3, 0.4) is 0 Å². The number of aromatic nitrogens is 1. The van der Waals surface area contributed by atoms with E-state index in [-0.39, 0.29) is 22.9 Å². The molecule has 5 rings (SSSR count). The van der Waals surface area contributed by atoms with Gasteiger partial charge in [0.25, 0.3) is 0 Å². The first-order valence-electron chi connectivity index (χ1n) is 12.4. The second kappa shape index (κ2) is 9.21. The van der Waals surface area contributed by atoms with Crippen LogP contribution in [-0.2, 0) is 15.8 Å². The first kappa shape index (κ1) is 26.4. The smallest absolute Gasteiger partial charge is 0.224 e. The Balaban J connectivity index is 1.86. The summed E-state index contributed by atoms with van der Waals surface area (Å²) in [6, 6.07) is 20.4. The topological polar surface area (TPSA) is 116 Å². The minimum absolute atomic E-state index is 0.0306. The maximum absolute atomic E-state index is 12.8. The van der Waals surface area contributed by atoms with Gasteiger partial charge in [-0.05, 0) is 38.6 Å². The van der Waals surface area contributed by atoms with Crippen LogP contribution >= 0.6 is 7.14 Å². The van der Waals surface area contributed by atoms with Gasteiger partial charge in [-0.15, -0.1) is 0 Å². The number of ether oxygens (including phenoxy) is 2. The number of benzene rings is 2. The highest BCUT2D eigenvalue weighted by Crippen LogP contribution is 2.69. The van der Waals surface area contributed by atoms with Crippen molar-refractivity contribution in [3.8, 4) is 17.7 Å². The molecule has 1 aromatic heterocycles. The largest absolute Gasteiger partial charge is 0.481 e. The molecule has 9 heteroatoms. The van der Waals surface area contributed by atoms with Gasteiger partial charge in [-0.25, -0.2) is 4.98 Å². The monoisotopic (exact) mass is 533 g/mol. The minimum atomic E-state index is -2.54. The molecule has 38 heavy (non-hydrogen) atoms. The van der Waals surface area contributed by atoms with E-state index in [2.05, 4.69) is 4.98 Å². The summed E-state index contributed by atoms with van der Waals surface area (Å²) in [7, 11) is 2.71. The van der Waals surface area contributed by atoms with Gasteiger partial charge in [-0.2, -0.15) is 5.26 Å². The molecule has 0 saturated heterocycles. The van der Waals surface area contributed by atoms with Crippen LogP contribution in [0.1, 0.15) is 28.3 Å². The van der Waals surface area contributed by atoms with Crippen LogP contribution in [0.15, 0.2) is 60.7 Å². The van der Waals surface area contributed by atoms with Crippen LogP contribution in [0.4, 0.5) is 0 Å². The molecule has 5 atom stereocenters. The SMILES string of the molecule is COc1nc(C#N)cc2c1[C@]1(O)[C@H](O)[C@H](CN(C)C)[C@@H](c3ccccc3)[C@]1(c1ccc(P(C)(C)=O)cc1)O2. The highest BCUT2D eigenvalue weighted by atomic mass is 31.2. The molecule has 2 heterocycles. The highest BCUT2D eigenvalue weighted by molar-refractivity contribution is 7.70. The zero-order valence-electron chi connectivity index (χ0n) is 22.1. The molecule has 0 bridgehead atoms. The van der Waals surface area contributed by atoms with Crippen molar-refractivity contribution < 1.29 is 24.3 Å². The Kier molecular flexibility index (Phi) is 6.40. The predicted molar refractivity (Wildman–Crippen MR) is 144 cm³/mol. The normalized spacial score (nSPS) is 27.9. The maximum atomic E-state index is 12.8. The molecule has 8 nitrogen and oxygen atoms in total. The standard InChI is InChI=1S/C29H32N3O5P/c1-32(2)17-22-24(18-9-7-6-8-10-18)29(19-11-13-21(14-12-19)38(4,5)35)28(34,26(22)33)25-23(37-29)15-20(16-30)31-27(25)36-3/h6-15,22,24,26,33-34H,17H2,1-5H3/t22-,24-,26-,28+,29+/m1/s1. The molecule has 1 saturated carbocycles. The van der Waals surface area contributed by atoms with Gasteiger partial charge >= 0.3 is 0 Å². The van der Waals surface area contributed by atoms with E-state index in [1.807, 2.05) is 67.5 Å².